The van der Waals surface area contributed by atoms with E-state index in [1.54, 1.807) is 0 Å². The van der Waals surface area contributed by atoms with Crippen molar-refractivity contribution >= 4 is 5.96 Å². The second-order valence-electron chi connectivity index (χ2n) is 3.24. The minimum Gasteiger partial charge on any atom is -0.370 e. The van der Waals surface area contributed by atoms with Gasteiger partial charge in [-0.2, -0.15) is 0 Å². The zero-order valence-electron chi connectivity index (χ0n) is 7.47. The van der Waals surface area contributed by atoms with Crippen LogP contribution in [0.15, 0.2) is 0 Å². The monoisotopic (exact) mass is 170 g/mol. The van der Waals surface area contributed by atoms with Crippen LogP contribution >= 0.6 is 0 Å². The Bertz CT molecular complexity index is 140. The van der Waals surface area contributed by atoms with Crippen molar-refractivity contribution in [2.24, 2.45) is 5.73 Å². The summed E-state index contributed by atoms with van der Waals surface area (Å²) in [6.07, 6.45) is 4.01. The minimum absolute atomic E-state index is 0.0759. The molecule has 1 saturated heterocycles. The Kier molecular flexibility index (Phi) is 3.87. The van der Waals surface area contributed by atoms with Gasteiger partial charge in [0.15, 0.2) is 5.96 Å². The van der Waals surface area contributed by atoms with E-state index >= 15 is 0 Å². The third-order valence-corrected chi connectivity index (χ3v) is 2.19. The topological polar surface area (TPSA) is 65.1 Å². The maximum atomic E-state index is 6.96. The van der Waals surface area contributed by atoms with Crippen LogP contribution in [-0.2, 0) is 0 Å². The Labute approximate surface area is 73.6 Å². The van der Waals surface area contributed by atoms with Gasteiger partial charge in [0.05, 0.1) is 0 Å². The Morgan fingerprint density at radius 3 is 2.58 bits per heavy atom. The highest BCUT2D eigenvalue weighted by Crippen LogP contribution is 2.06. The zero-order valence-corrected chi connectivity index (χ0v) is 7.47. The van der Waals surface area contributed by atoms with E-state index < -0.39 is 0 Å². The quantitative estimate of drug-likeness (QED) is 0.411. The molecule has 1 rings (SSSR count). The first-order valence-corrected chi connectivity index (χ1v) is 4.59. The first-order chi connectivity index (χ1) is 5.79. The van der Waals surface area contributed by atoms with Crippen molar-refractivity contribution in [3.8, 4) is 0 Å². The van der Waals surface area contributed by atoms with Gasteiger partial charge in [0, 0.05) is 13.1 Å². The zero-order chi connectivity index (χ0) is 8.81. The molecule has 1 heterocycles. The van der Waals surface area contributed by atoms with E-state index in [0.717, 1.165) is 13.1 Å². The molecule has 0 aromatic heterocycles. The van der Waals surface area contributed by atoms with Crippen LogP contribution < -0.4 is 11.1 Å². The maximum absolute atomic E-state index is 6.96. The first-order valence-electron chi connectivity index (χ1n) is 4.59. The van der Waals surface area contributed by atoms with Crippen molar-refractivity contribution in [2.75, 3.05) is 26.2 Å². The predicted octanol–water partition coefficient (Wildman–Crippen LogP) is -0.0446. The summed E-state index contributed by atoms with van der Waals surface area (Å²) in [6, 6.07) is 0. The van der Waals surface area contributed by atoms with Gasteiger partial charge >= 0.3 is 0 Å². The summed E-state index contributed by atoms with van der Waals surface area (Å²) >= 11 is 0. The molecule has 1 aliphatic heterocycles. The average Bonchev–Trinajstić information content (AvgIpc) is 2.05. The van der Waals surface area contributed by atoms with Crippen LogP contribution in [0.5, 0.6) is 0 Å². The van der Waals surface area contributed by atoms with Crippen LogP contribution in [0.3, 0.4) is 0 Å². The van der Waals surface area contributed by atoms with Gasteiger partial charge in [-0.15, -0.1) is 0 Å². The fourth-order valence-corrected chi connectivity index (χ4v) is 1.53. The van der Waals surface area contributed by atoms with Crippen molar-refractivity contribution in [3.05, 3.63) is 0 Å². The van der Waals surface area contributed by atoms with Gasteiger partial charge in [-0.1, -0.05) is 6.42 Å². The highest BCUT2D eigenvalue weighted by molar-refractivity contribution is 5.74. The minimum atomic E-state index is 0.0759. The van der Waals surface area contributed by atoms with E-state index in [1.165, 1.54) is 32.4 Å². The molecule has 12 heavy (non-hydrogen) atoms. The standard InChI is InChI=1S/C8H18N4/c9-8(10)11-4-7-12-5-2-1-3-6-12/h1-7H2,(H4,9,10,11). The third-order valence-electron chi connectivity index (χ3n) is 2.19. The van der Waals surface area contributed by atoms with Crippen LogP contribution in [0.25, 0.3) is 0 Å². The van der Waals surface area contributed by atoms with Crippen molar-refractivity contribution in [1.29, 1.82) is 5.41 Å². The molecule has 0 atom stereocenters. The molecule has 4 heteroatoms. The van der Waals surface area contributed by atoms with Crippen molar-refractivity contribution < 1.29 is 0 Å². The number of guanidine groups is 1. The van der Waals surface area contributed by atoms with Gasteiger partial charge in [-0.25, -0.2) is 0 Å². The molecule has 0 radical (unpaired) electrons. The summed E-state index contributed by atoms with van der Waals surface area (Å²) in [5.74, 6) is 0.0759. The SMILES string of the molecule is N=C(N)NCCN1CCCCC1. The molecular formula is C8H18N4. The Hall–Kier alpha value is -0.770. The number of likely N-dealkylation sites (tertiary alicyclic amines) is 1. The fraction of sp³-hybridized carbons (Fsp3) is 0.875. The van der Waals surface area contributed by atoms with Gasteiger partial charge in [0.25, 0.3) is 0 Å². The Morgan fingerprint density at radius 2 is 2.00 bits per heavy atom. The van der Waals surface area contributed by atoms with Crippen LogP contribution in [-0.4, -0.2) is 37.0 Å². The third kappa shape index (κ3) is 3.57. The van der Waals surface area contributed by atoms with E-state index in [9.17, 15) is 0 Å². The summed E-state index contributed by atoms with van der Waals surface area (Å²) < 4.78 is 0. The lowest BCUT2D eigenvalue weighted by Gasteiger charge is -2.26. The average molecular weight is 170 g/mol. The molecule has 0 aromatic rings. The van der Waals surface area contributed by atoms with Crippen molar-refractivity contribution in [3.63, 3.8) is 0 Å². The molecule has 4 nitrogen and oxygen atoms in total. The van der Waals surface area contributed by atoms with E-state index in [-0.39, 0.29) is 5.96 Å². The lowest BCUT2D eigenvalue weighted by molar-refractivity contribution is 0.232. The molecule has 0 aromatic carbocycles. The summed E-state index contributed by atoms with van der Waals surface area (Å²) in [5.41, 5.74) is 5.16. The Morgan fingerprint density at radius 1 is 1.33 bits per heavy atom. The molecule has 0 aliphatic carbocycles. The van der Waals surface area contributed by atoms with Crippen LogP contribution in [0.1, 0.15) is 19.3 Å². The highest BCUT2D eigenvalue weighted by atomic mass is 15.2. The molecule has 70 valence electrons. The van der Waals surface area contributed by atoms with Crippen molar-refractivity contribution in [1.82, 2.24) is 10.2 Å². The molecule has 0 amide bonds. The van der Waals surface area contributed by atoms with E-state index in [2.05, 4.69) is 10.2 Å². The number of rotatable bonds is 3. The second-order valence-corrected chi connectivity index (χ2v) is 3.24. The van der Waals surface area contributed by atoms with Gasteiger partial charge in [0.2, 0.25) is 0 Å². The molecule has 0 spiro atoms. The molecule has 1 aliphatic rings. The molecule has 0 saturated carbocycles. The van der Waals surface area contributed by atoms with Gasteiger partial charge in [-0.3, -0.25) is 5.41 Å². The summed E-state index contributed by atoms with van der Waals surface area (Å²) in [5, 5.41) is 9.77. The molecule has 0 bridgehead atoms. The molecule has 0 unspecified atom stereocenters. The largest absolute Gasteiger partial charge is 0.370 e. The molecule has 1 fully saturated rings. The lowest BCUT2D eigenvalue weighted by atomic mass is 10.1. The van der Waals surface area contributed by atoms with E-state index in [1.807, 2.05) is 0 Å². The summed E-state index contributed by atoms with van der Waals surface area (Å²) in [4.78, 5) is 2.42. The summed E-state index contributed by atoms with van der Waals surface area (Å²) in [7, 11) is 0. The summed E-state index contributed by atoms with van der Waals surface area (Å²) in [6.45, 7) is 4.23. The van der Waals surface area contributed by atoms with Crippen molar-refractivity contribution in [2.45, 2.75) is 19.3 Å². The molecule has 4 N–H and O–H groups in total. The lowest BCUT2D eigenvalue weighted by Crippen LogP contribution is -2.39. The molecular weight excluding hydrogens is 152 g/mol. The number of piperidine rings is 1. The van der Waals surface area contributed by atoms with Gasteiger partial charge in [0.1, 0.15) is 0 Å². The Balaban J connectivity index is 2.01. The smallest absolute Gasteiger partial charge is 0.185 e. The fourth-order valence-electron chi connectivity index (χ4n) is 1.53. The van der Waals surface area contributed by atoms with Gasteiger partial charge in [-0.05, 0) is 25.9 Å². The second kappa shape index (κ2) is 4.98. The number of nitrogens with two attached hydrogens (primary N) is 1. The van der Waals surface area contributed by atoms with E-state index in [0.29, 0.717) is 0 Å². The van der Waals surface area contributed by atoms with Crippen LogP contribution in [0.4, 0.5) is 0 Å². The predicted molar refractivity (Wildman–Crippen MR) is 50.2 cm³/mol. The number of hydrogen-bond donors (Lipinski definition) is 3. The first kappa shape index (κ1) is 9.32. The number of nitrogens with one attached hydrogen (secondary N) is 2. The number of nitrogens with zero attached hydrogens (tertiary/aromatic N) is 1. The van der Waals surface area contributed by atoms with Crippen LogP contribution in [0.2, 0.25) is 0 Å². The highest BCUT2D eigenvalue weighted by Gasteiger charge is 2.08. The number of hydrogen-bond acceptors (Lipinski definition) is 2. The van der Waals surface area contributed by atoms with Gasteiger partial charge < -0.3 is 16.0 Å². The van der Waals surface area contributed by atoms with Crippen LogP contribution in [0, 0.1) is 5.41 Å². The normalized spacial score (nSPS) is 19.0. The van der Waals surface area contributed by atoms with E-state index in [4.69, 9.17) is 11.1 Å². The maximum Gasteiger partial charge on any atom is 0.185 e.